The van der Waals surface area contributed by atoms with Gasteiger partial charge in [-0.15, -0.1) is 0 Å². The van der Waals surface area contributed by atoms with Crippen LogP contribution in [-0.2, 0) is 5.41 Å². The average molecular weight is 558 g/mol. The number of para-hydroxylation sites is 1. The number of thioether (sulfide) groups is 1. The van der Waals surface area contributed by atoms with Gasteiger partial charge >= 0.3 is 0 Å². The summed E-state index contributed by atoms with van der Waals surface area (Å²) in [4.78, 5) is 2.84. The topological polar surface area (TPSA) is 18.1 Å². The van der Waals surface area contributed by atoms with E-state index in [1.807, 2.05) is 11.8 Å². The Balaban J connectivity index is 1.32. The quantitative estimate of drug-likeness (QED) is 0.200. The number of nitrogens with zero attached hydrogens (tertiary/aromatic N) is 1. The number of benzene rings is 5. The van der Waals surface area contributed by atoms with Crippen molar-refractivity contribution < 1.29 is 4.42 Å². The summed E-state index contributed by atoms with van der Waals surface area (Å²) in [6, 6.07) is 35.6. The molecule has 0 saturated carbocycles. The Bertz CT molecular complexity index is 2400. The number of allylic oxidation sites excluding steroid dienone is 4. The third kappa shape index (κ3) is 2.82. The molecule has 0 amide bonds. The summed E-state index contributed by atoms with van der Waals surface area (Å²) >= 11 is 1.94. The highest BCUT2D eigenvalue weighted by Crippen LogP contribution is 2.56. The molecule has 7 aromatic rings. The van der Waals surface area contributed by atoms with Crippen LogP contribution in [0.25, 0.3) is 60.6 Å². The van der Waals surface area contributed by atoms with Gasteiger partial charge in [0, 0.05) is 49.5 Å². The van der Waals surface area contributed by atoms with Gasteiger partial charge in [-0.25, -0.2) is 0 Å². The molecule has 0 fully saturated rings. The van der Waals surface area contributed by atoms with Gasteiger partial charge in [0.2, 0.25) is 0 Å². The Hall–Kier alpha value is -4.47. The molecule has 10 rings (SSSR count). The Labute approximate surface area is 247 Å². The minimum absolute atomic E-state index is 0.118. The van der Waals surface area contributed by atoms with E-state index in [9.17, 15) is 0 Å². The lowest BCUT2D eigenvalue weighted by molar-refractivity contribution is 0.664. The normalized spacial score (nSPS) is 18.3. The van der Waals surface area contributed by atoms with Gasteiger partial charge in [-0.2, -0.15) is 0 Å². The summed E-state index contributed by atoms with van der Waals surface area (Å²) in [6.45, 7) is 4.79. The van der Waals surface area contributed by atoms with Crippen LogP contribution < -0.4 is 0 Å². The van der Waals surface area contributed by atoms with E-state index in [2.05, 4.69) is 128 Å². The molecule has 3 heteroatoms. The summed E-state index contributed by atoms with van der Waals surface area (Å²) in [7, 11) is 0. The molecule has 200 valence electrons. The van der Waals surface area contributed by atoms with Crippen LogP contribution in [0.15, 0.2) is 123 Å². The molecular formula is C39H27NOS. The molecule has 0 spiro atoms. The van der Waals surface area contributed by atoms with Crippen LogP contribution in [0.3, 0.4) is 0 Å². The van der Waals surface area contributed by atoms with Gasteiger partial charge in [-0.3, -0.25) is 0 Å². The molecular weight excluding hydrogens is 531 g/mol. The van der Waals surface area contributed by atoms with E-state index >= 15 is 0 Å². The zero-order valence-corrected chi connectivity index (χ0v) is 24.3. The van der Waals surface area contributed by atoms with Gasteiger partial charge in [0.05, 0.1) is 11.0 Å². The minimum Gasteiger partial charge on any atom is -0.456 e. The fraction of sp³-hybridized carbons (Fsp3) is 0.128. The van der Waals surface area contributed by atoms with Crippen molar-refractivity contribution in [3.63, 3.8) is 0 Å². The first-order valence-electron chi connectivity index (χ1n) is 14.8. The summed E-state index contributed by atoms with van der Waals surface area (Å²) in [5, 5.41) is 4.94. The largest absolute Gasteiger partial charge is 0.456 e. The second-order valence-electron chi connectivity index (χ2n) is 12.5. The molecule has 1 aliphatic heterocycles. The maximum atomic E-state index is 6.44. The summed E-state index contributed by atoms with van der Waals surface area (Å²) < 4.78 is 8.99. The molecule has 2 aliphatic carbocycles. The highest BCUT2D eigenvalue weighted by molar-refractivity contribution is 8.03. The molecule has 0 bridgehead atoms. The monoisotopic (exact) mass is 557 g/mol. The van der Waals surface area contributed by atoms with Crippen molar-refractivity contribution in [1.29, 1.82) is 0 Å². The first-order valence-corrected chi connectivity index (χ1v) is 15.6. The van der Waals surface area contributed by atoms with E-state index in [0.717, 1.165) is 17.6 Å². The summed E-state index contributed by atoms with van der Waals surface area (Å²) in [5.74, 6) is 0.455. The highest BCUT2D eigenvalue weighted by Gasteiger charge is 2.39. The fourth-order valence-electron chi connectivity index (χ4n) is 8.03. The number of hydrogen-bond donors (Lipinski definition) is 0. The predicted octanol–water partition coefficient (Wildman–Crippen LogP) is 11.0. The van der Waals surface area contributed by atoms with Crippen molar-refractivity contribution >= 4 is 61.2 Å². The summed E-state index contributed by atoms with van der Waals surface area (Å²) in [5.41, 5.74) is 12.6. The fourth-order valence-corrected chi connectivity index (χ4v) is 9.30. The van der Waals surface area contributed by atoms with E-state index in [1.165, 1.54) is 75.9 Å². The zero-order chi connectivity index (χ0) is 27.7. The second kappa shape index (κ2) is 7.87. The van der Waals surface area contributed by atoms with E-state index < -0.39 is 0 Å². The molecule has 0 radical (unpaired) electrons. The van der Waals surface area contributed by atoms with Crippen molar-refractivity contribution in [1.82, 2.24) is 4.57 Å². The molecule has 1 unspecified atom stereocenters. The molecule has 3 aliphatic rings. The molecule has 2 nitrogen and oxygen atoms in total. The van der Waals surface area contributed by atoms with Gasteiger partial charge in [0.25, 0.3) is 0 Å². The molecule has 2 aromatic heterocycles. The van der Waals surface area contributed by atoms with Crippen LogP contribution in [-0.4, -0.2) is 4.57 Å². The van der Waals surface area contributed by atoms with E-state index in [-0.39, 0.29) is 5.41 Å². The average Bonchev–Trinajstić information content (AvgIpc) is 3.72. The third-order valence-corrected chi connectivity index (χ3v) is 11.1. The van der Waals surface area contributed by atoms with Crippen molar-refractivity contribution in [3.05, 3.63) is 131 Å². The maximum Gasteiger partial charge on any atom is 0.137 e. The Morgan fingerprint density at radius 2 is 1.60 bits per heavy atom. The van der Waals surface area contributed by atoms with Gasteiger partial charge in [0.15, 0.2) is 0 Å². The molecule has 3 heterocycles. The molecule has 0 saturated heterocycles. The molecule has 42 heavy (non-hydrogen) atoms. The van der Waals surface area contributed by atoms with E-state index in [4.69, 9.17) is 4.42 Å². The molecule has 5 aromatic carbocycles. The van der Waals surface area contributed by atoms with Crippen molar-refractivity contribution in [3.8, 4) is 11.1 Å². The van der Waals surface area contributed by atoms with Crippen LogP contribution in [0.4, 0.5) is 0 Å². The van der Waals surface area contributed by atoms with Crippen LogP contribution in [0.1, 0.15) is 42.9 Å². The minimum atomic E-state index is -0.118. The van der Waals surface area contributed by atoms with Gasteiger partial charge < -0.3 is 8.98 Å². The van der Waals surface area contributed by atoms with Gasteiger partial charge in [-0.05, 0) is 63.4 Å². The lowest BCUT2D eigenvalue weighted by Crippen LogP contribution is -2.16. The van der Waals surface area contributed by atoms with E-state index in [1.54, 1.807) is 0 Å². The summed E-state index contributed by atoms with van der Waals surface area (Å²) in [6.07, 6.45) is 5.93. The van der Waals surface area contributed by atoms with Crippen LogP contribution in [0, 0.1) is 0 Å². The van der Waals surface area contributed by atoms with Crippen LogP contribution in [0.5, 0.6) is 0 Å². The number of furan rings is 1. The lowest BCUT2D eigenvalue weighted by Gasteiger charge is -2.25. The van der Waals surface area contributed by atoms with E-state index in [0.29, 0.717) is 5.92 Å². The Kier molecular flexibility index (Phi) is 4.34. The van der Waals surface area contributed by atoms with Crippen molar-refractivity contribution in [2.24, 2.45) is 0 Å². The SMILES string of the molecule is CC1(C)c2ccccc2-c2ccc3c4cc5c(cc4n(C4=CCC6C(=C4)Sc4ccccc46)c3c21)oc1ccccc15. The van der Waals surface area contributed by atoms with Gasteiger partial charge in [0.1, 0.15) is 11.2 Å². The number of hydrogen-bond acceptors (Lipinski definition) is 2. The number of aromatic nitrogens is 1. The predicted molar refractivity (Wildman–Crippen MR) is 176 cm³/mol. The number of fused-ring (bicyclic) bond motifs is 13. The third-order valence-electron chi connectivity index (χ3n) is 9.92. The second-order valence-corrected chi connectivity index (χ2v) is 13.6. The maximum absolute atomic E-state index is 6.44. The van der Waals surface area contributed by atoms with Crippen molar-refractivity contribution in [2.75, 3.05) is 0 Å². The smallest absolute Gasteiger partial charge is 0.137 e. The Morgan fingerprint density at radius 3 is 2.55 bits per heavy atom. The highest BCUT2D eigenvalue weighted by atomic mass is 32.2. The molecule has 0 N–H and O–H groups in total. The number of rotatable bonds is 1. The van der Waals surface area contributed by atoms with Crippen LogP contribution in [0.2, 0.25) is 0 Å². The van der Waals surface area contributed by atoms with Crippen LogP contribution >= 0.6 is 11.8 Å². The zero-order valence-electron chi connectivity index (χ0n) is 23.4. The van der Waals surface area contributed by atoms with Gasteiger partial charge in [-0.1, -0.05) is 104 Å². The lowest BCUT2D eigenvalue weighted by atomic mass is 9.81. The first-order chi connectivity index (χ1) is 20.6. The Morgan fingerprint density at radius 1 is 0.762 bits per heavy atom. The first kappa shape index (κ1) is 23.1. The van der Waals surface area contributed by atoms with Crippen molar-refractivity contribution in [2.45, 2.75) is 36.5 Å². The standard InChI is InChI=1S/C39H27NOS/c1-39(2)31-12-6-3-9-23(31)27-17-18-28-29-20-30-24-10-4-7-13-33(24)41-34(30)21-32(29)40(38(28)37(27)39)22-15-16-26-25-11-5-8-14-35(25)42-36(26)19-22/h3-15,17-21,26H,16H2,1-2H3. The molecule has 1 atom stereocenters.